The van der Waals surface area contributed by atoms with Crippen LogP contribution in [0.3, 0.4) is 0 Å². The molecule has 20 heavy (non-hydrogen) atoms. The molecule has 0 saturated heterocycles. The van der Waals surface area contributed by atoms with Gasteiger partial charge in [0.05, 0.1) is 15.2 Å². The fourth-order valence-corrected chi connectivity index (χ4v) is 3.30. The molecule has 0 spiro atoms. The molecule has 0 radical (unpaired) electrons. The average Bonchev–Trinajstić information content (AvgIpc) is 2.83. The maximum absolute atomic E-state index is 4.75. The lowest BCUT2D eigenvalue weighted by atomic mass is 10.1. The number of fused-ring (bicyclic) bond motifs is 1. The highest BCUT2D eigenvalue weighted by Gasteiger charge is 2.12. The van der Waals surface area contributed by atoms with E-state index in [1.165, 1.54) is 22.5 Å². The number of para-hydroxylation sites is 1. The van der Waals surface area contributed by atoms with E-state index in [4.69, 9.17) is 4.98 Å². The fourth-order valence-electron chi connectivity index (χ4n) is 2.26. The smallest absolute Gasteiger partial charge is 0.0954 e. The number of rotatable bonds is 8. The Labute approximate surface area is 126 Å². The Kier molecular flexibility index (Phi) is 5.95. The summed E-state index contributed by atoms with van der Waals surface area (Å²) in [7, 11) is 4.27. The maximum atomic E-state index is 4.75. The number of nitrogens with zero attached hydrogens (tertiary/aromatic N) is 2. The predicted octanol–water partition coefficient (Wildman–Crippen LogP) is 3.16. The van der Waals surface area contributed by atoms with Gasteiger partial charge in [-0.05, 0) is 52.2 Å². The van der Waals surface area contributed by atoms with Crippen LogP contribution in [0, 0.1) is 0 Å². The van der Waals surface area contributed by atoms with E-state index in [-0.39, 0.29) is 0 Å². The van der Waals surface area contributed by atoms with Gasteiger partial charge in [0, 0.05) is 12.5 Å². The minimum Gasteiger partial charge on any atom is -0.314 e. The van der Waals surface area contributed by atoms with Crippen molar-refractivity contribution in [3.05, 3.63) is 29.3 Å². The van der Waals surface area contributed by atoms with Crippen LogP contribution < -0.4 is 5.32 Å². The topological polar surface area (TPSA) is 28.2 Å². The first-order valence-electron chi connectivity index (χ1n) is 7.41. The lowest BCUT2D eigenvalue weighted by molar-refractivity contribution is 0.356. The van der Waals surface area contributed by atoms with Gasteiger partial charge >= 0.3 is 0 Å². The summed E-state index contributed by atoms with van der Waals surface area (Å²) in [6.45, 7) is 4.42. The summed E-state index contributed by atoms with van der Waals surface area (Å²) >= 11 is 1.83. The van der Waals surface area contributed by atoms with Crippen LogP contribution in [-0.4, -0.2) is 43.1 Å². The molecule has 1 heterocycles. The molecule has 0 aliphatic rings. The SMILES string of the molecule is CCCNC(CCN(C)C)Cc1nc2ccccc2s1. The summed E-state index contributed by atoms with van der Waals surface area (Å²) in [5.41, 5.74) is 1.13. The van der Waals surface area contributed by atoms with Gasteiger partial charge in [-0.15, -0.1) is 11.3 Å². The van der Waals surface area contributed by atoms with Crippen LogP contribution in [0.15, 0.2) is 24.3 Å². The quantitative estimate of drug-likeness (QED) is 0.810. The molecule has 1 atom stereocenters. The highest BCUT2D eigenvalue weighted by Crippen LogP contribution is 2.22. The van der Waals surface area contributed by atoms with Crippen LogP contribution >= 0.6 is 11.3 Å². The number of hydrogen-bond acceptors (Lipinski definition) is 4. The van der Waals surface area contributed by atoms with Crippen LogP contribution in [0.25, 0.3) is 10.2 Å². The number of thiazole rings is 1. The van der Waals surface area contributed by atoms with Gasteiger partial charge in [0.25, 0.3) is 0 Å². The predicted molar refractivity (Wildman–Crippen MR) is 88.6 cm³/mol. The van der Waals surface area contributed by atoms with Crippen molar-refractivity contribution < 1.29 is 0 Å². The van der Waals surface area contributed by atoms with Gasteiger partial charge < -0.3 is 10.2 Å². The molecule has 0 fully saturated rings. The third-order valence-electron chi connectivity index (χ3n) is 3.37. The molecule has 1 aromatic heterocycles. The fraction of sp³-hybridized carbons (Fsp3) is 0.562. The van der Waals surface area contributed by atoms with Crippen LogP contribution in [0.1, 0.15) is 24.8 Å². The molecule has 3 nitrogen and oxygen atoms in total. The van der Waals surface area contributed by atoms with Crippen LogP contribution in [-0.2, 0) is 6.42 Å². The monoisotopic (exact) mass is 291 g/mol. The molecule has 0 amide bonds. The molecule has 2 rings (SSSR count). The van der Waals surface area contributed by atoms with Gasteiger partial charge in [-0.2, -0.15) is 0 Å². The number of benzene rings is 1. The Bertz CT molecular complexity index is 488. The Morgan fingerprint density at radius 2 is 2.10 bits per heavy atom. The molecular formula is C16H25N3S. The maximum Gasteiger partial charge on any atom is 0.0954 e. The molecule has 1 aromatic carbocycles. The van der Waals surface area contributed by atoms with Crippen LogP contribution in [0.4, 0.5) is 0 Å². The summed E-state index contributed by atoms with van der Waals surface area (Å²) in [6, 6.07) is 8.93. The van der Waals surface area contributed by atoms with Crippen molar-refractivity contribution in [2.45, 2.75) is 32.2 Å². The summed E-state index contributed by atoms with van der Waals surface area (Å²) < 4.78 is 1.30. The molecule has 2 aromatic rings. The summed E-state index contributed by atoms with van der Waals surface area (Å²) in [4.78, 5) is 7.00. The zero-order valence-corrected chi connectivity index (χ0v) is 13.5. The summed E-state index contributed by atoms with van der Waals surface area (Å²) in [5.74, 6) is 0. The van der Waals surface area contributed by atoms with Gasteiger partial charge in [0.2, 0.25) is 0 Å². The molecule has 4 heteroatoms. The van der Waals surface area contributed by atoms with Crippen molar-refractivity contribution in [1.29, 1.82) is 0 Å². The van der Waals surface area contributed by atoms with Crippen molar-refractivity contribution in [2.24, 2.45) is 0 Å². The minimum absolute atomic E-state index is 0.526. The molecule has 110 valence electrons. The first-order valence-corrected chi connectivity index (χ1v) is 8.23. The lowest BCUT2D eigenvalue weighted by Crippen LogP contribution is -2.34. The van der Waals surface area contributed by atoms with E-state index >= 15 is 0 Å². The molecule has 1 unspecified atom stereocenters. The van der Waals surface area contributed by atoms with Crippen molar-refractivity contribution in [1.82, 2.24) is 15.2 Å². The van der Waals surface area contributed by atoms with Gasteiger partial charge in [-0.1, -0.05) is 19.1 Å². The minimum atomic E-state index is 0.526. The van der Waals surface area contributed by atoms with Gasteiger partial charge in [-0.25, -0.2) is 4.98 Å². The van der Waals surface area contributed by atoms with Crippen molar-refractivity contribution in [2.75, 3.05) is 27.2 Å². The lowest BCUT2D eigenvalue weighted by Gasteiger charge is -2.19. The third-order valence-corrected chi connectivity index (χ3v) is 4.43. The first kappa shape index (κ1) is 15.4. The summed E-state index contributed by atoms with van der Waals surface area (Å²) in [6.07, 6.45) is 3.38. The van der Waals surface area contributed by atoms with Crippen molar-refractivity contribution >= 4 is 21.6 Å². The van der Waals surface area contributed by atoms with Crippen molar-refractivity contribution in [3.8, 4) is 0 Å². The highest BCUT2D eigenvalue weighted by molar-refractivity contribution is 7.18. The van der Waals surface area contributed by atoms with Gasteiger partial charge in [0.1, 0.15) is 0 Å². The zero-order valence-electron chi connectivity index (χ0n) is 12.7. The van der Waals surface area contributed by atoms with E-state index in [2.05, 4.69) is 55.5 Å². The normalized spacial score (nSPS) is 13.2. The van der Waals surface area contributed by atoms with Crippen LogP contribution in [0.5, 0.6) is 0 Å². The van der Waals surface area contributed by atoms with E-state index in [1.54, 1.807) is 0 Å². The van der Waals surface area contributed by atoms with E-state index in [1.807, 2.05) is 11.3 Å². The Balaban J connectivity index is 2.01. The van der Waals surface area contributed by atoms with Gasteiger partial charge in [0.15, 0.2) is 0 Å². The standard InChI is InChI=1S/C16H25N3S/c1-4-10-17-13(9-11-19(2)3)12-16-18-14-7-5-6-8-15(14)20-16/h5-8,13,17H,4,9-12H2,1-3H3. The van der Waals surface area contributed by atoms with E-state index in [0.29, 0.717) is 6.04 Å². The largest absolute Gasteiger partial charge is 0.314 e. The van der Waals surface area contributed by atoms with Gasteiger partial charge in [-0.3, -0.25) is 0 Å². The third kappa shape index (κ3) is 4.54. The number of nitrogens with one attached hydrogen (secondary N) is 1. The molecular weight excluding hydrogens is 266 g/mol. The van der Waals surface area contributed by atoms with Crippen molar-refractivity contribution in [3.63, 3.8) is 0 Å². The molecule has 0 aliphatic heterocycles. The highest BCUT2D eigenvalue weighted by atomic mass is 32.1. The Hall–Kier alpha value is -0.970. The zero-order chi connectivity index (χ0) is 14.4. The van der Waals surface area contributed by atoms with Crippen LogP contribution in [0.2, 0.25) is 0 Å². The summed E-state index contributed by atoms with van der Waals surface area (Å²) in [5, 5.41) is 4.91. The first-order chi connectivity index (χ1) is 9.69. The molecule has 0 aliphatic carbocycles. The van der Waals surface area contributed by atoms with E-state index in [0.717, 1.165) is 25.0 Å². The molecule has 0 bridgehead atoms. The second-order valence-electron chi connectivity index (χ2n) is 5.52. The Morgan fingerprint density at radius 1 is 1.30 bits per heavy atom. The van der Waals surface area contributed by atoms with E-state index in [9.17, 15) is 0 Å². The Morgan fingerprint density at radius 3 is 2.80 bits per heavy atom. The average molecular weight is 291 g/mol. The molecule has 1 N–H and O–H groups in total. The van der Waals surface area contributed by atoms with E-state index < -0.39 is 0 Å². The molecule has 0 saturated carbocycles. The number of aromatic nitrogens is 1. The number of hydrogen-bond donors (Lipinski definition) is 1. The second-order valence-corrected chi connectivity index (χ2v) is 6.64. The second kappa shape index (κ2) is 7.72.